The van der Waals surface area contributed by atoms with Crippen molar-refractivity contribution in [2.24, 2.45) is 11.5 Å². The van der Waals surface area contributed by atoms with Gasteiger partial charge in [-0.25, -0.2) is 8.78 Å². The Balaban J connectivity index is 0.00000256. The van der Waals surface area contributed by atoms with Crippen LogP contribution in [0.2, 0.25) is 0 Å². The number of rotatable bonds is 5. The van der Waals surface area contributed by atoms with Crippen LogP contribution in [0, 0.1) is 11.6 Å². The molecule has 0 bridgehead atoms. The molecular formula is C11H16BrClF2N2. The van der Waals surface area contributed by atoms with Gasteiger partial charge in [0.1, 0.15) is 11.6 Å². The molecule has 0 unspecified atom stereocenters. The van der Waals surface area contributed by atoms with Gasteiger partial charge in [0.2, 0.25) is 0 Å². The number of unbranched alkanes of at least 4 members (excludes halogenated alkanes) is 1. The van der Waals surface area contributed by atoms with Crippen molar-refractivity contribution in [3.05, 3.63) is 33.8 Å². The zero-order valence-electron chi connectivity index (χ0n) is 9.26. The lowest BCUT2D eigenvalue weighted by Gasteiger charge is -2.14. The van der Waals surface area contributed by atoms with Crippen molar-refractivity contribution in [2.45, 2.75) is 25.3 Å². The molecule has 0 saturated heterocycles. The zero-order chi connectivity index (χ0) is 12.1. The van der Waals surface area contributed by atoms with Crippen molar-refractivity contribution in [1.29, 1.82) is 0 Å². The fourth-order valence-electron chi connectivity index (χ4n) is 1.54. The van der Waals surface area contributed by atoms with E-state index in [1.807, 2.05) is 0 Å². The summed E-state index contributed by atoms with van der Waals surface area (Å²) in [5.74, 6) is -1.21. The largest absolute Gasteiger partial charge is 0.330 e. The lowest BCUT2D eigenvalue weighted by molar-refractivity contribution is 0.497. The Morgan fingerprint density at radius 1 is 1.24 bits per heavy atom. The van der Waals surface area contributed by atoms with Crippen molar-refractivity contribution in [3.63, 3.8) is 0 Å². The Morgan fingerprint density at radius 3 is 2.47 bits per heavy atom. The predicted octanol–water partition coefficient (Wildman–Crippen LogP) is 3.28. The van der Waals surface area contributed by atoms with E-state index >= 15 is 0 Å². The number of hydrogen-bond acceptors (Lipinski definition) is 2. The molecule has 1 atom stereocenters. The van der Waals surface area contributed by atoms with E-state index in [9.17, 15) is 8.78 Å². The molecule has 1 rings (SSSR count). The van der Waals surface area contributed by atoms with Crippen LogP contribution in [0.5, 0.6) is 0 Å². The molecule has 0 heterocycles. The smallest absolute Gasteiger partial charge is 0.145 e. The summed E-state index contributed by atoms with van der Waals surface area (Å²) in [6.07, 6.45) is 2.11. The molecule has 6 heteroatoms. The first-order valence-corrected chi connectivity index (χ1v) is 5.96. The van der Waals surface area contributed by atoms with Crippen molar-refractivity contribution in [3.8, 4) is 0 Å². The van der Waals surface area contributed by atoms with Crippen molar-refractivity contribution < 1.29 is 8.78 Å². The second-order valence-electron chi connectivity index (χ2n) is 3.65. The second kappa shape index (κ2) is 7.97. The number of benzene rings is 1. The van der Waals surface area contributed by atoms with E-state index in [1.54, 1.807) is 0 Å². The maximum absolute atomic E-state index is 13.6. The third-order valence-corrected chi connectivity index (χ3v) is 3.03. The van der Waals surface area contributed by atoms with Gasteiger partial charge in [-0.2, -0.15) is 0 Å². The normalized spacial score (nSPS) is 12.1. The maximum Gasteiger partial charge on any atom is 0.145 e. The Bertz CT molecular complexity index is 364. The van der Waals surface area contributed by atoms with Crippen molar-refractivity contribution in [2.75, 3.05) is 6.54 Å². The average molecular weight is 330 g/mol. The third-order valence-electron chi connectivity index (χ3n) is 2.42. The standard InChI is InChI=1S/C11H15BrF2N2.ClH/c12-7-4-5-8(13)10(11(7)14)9(16)3-1-2-6-15;/h4-5,9H,1-3,6,15-16H2;1H/t9-;/m1./s1. The van der Waals surface area contributed by atoms with Gasteiger partial charge in [0.05, 0.1) is 4.47 Å². The van der Waals surface area contributed by atoms with Crippen LogP contribution in [0.15, 0.2) is 16.6 Å². The molecule has 0 aliphatic heterocycles. The number of hydrogen-bond donors (Lipinski definition) is 2. The minimum Gasteiger partial charge on any atom is -0.330 e. The molecule has 0 aromatic heterocycles. The summed E-state index contributed by atoms with van der Waals surface area (Å²) in [4.78, 5) is 0. The Hall–Kier alpha value is -0.230. The van der Waals surface area contributed by atoms with E-state index in [0.717, 1.165) is 12.8 Å². The van der Waals surface area contributed by atoms with Crippen LogP contribution in [0.25, 0.3) is 0 Å². The predicted molar refractivity (Wildman–Crippen MR) is 71.1 cm³/mol. The highest BCUT2D eigenvalue weighted by Crippen LogP contribution is 2.27. The summed E-state index contributed by atoms with van der Waals surface area (Å²) in [5, 5.41) is 0. The molecular weight excluding hydrogens is 313 g/mol. The summed E-state index contributed by atoms with van der Waals surface area (Å²) in [6, 6.07) is 1.93. The highest BCUT2D eigenvalue weighted by atomic mass is 79.9. The maximum atomic E-state index is 13.6. The summed E-state index contributed by atoms with van der Waals surface area (Å²) < 4.78 is 27.3. The van der Waals surface area contributed by atoms with Gasteiger partial charge in [-0.15, -0.1) is 12.4 Å². The lowest BCUT2D eigenvalue weighted by Crippen LogP contribution is -2.15. The van der Waals surface area contributed by atoms with Crippen LogP contribution in [0.4, 0.5) is 8.78 Å². The first-order chi connectivity index (χ1) is 7.57. The van der Waals surface area contributed by atoms with Crippen LogP contribution in [-0.2, 0) is 0 Å². The Kier molecular flexibility index (Phi) is 7.87. The molecule has 1 aromatic rings. The molecule has 0 aliphatic carbocycles. The Morgan fingerprint density at radius 2 is 1.88 bits per heavy atom. The molecule has 0 spiro atoms. The monoisotopic (exact) mass is 328 g/mol. The van der Waals surface area contributed by atoms with Gasteiger partial charge in [-0.3, -0.25) is 0 Å². The van der Waals surface area contributed by atoms with Crippen LogP contribution < -0.4 is 11.5 Å². The van der Waals surface area contributed by atoms with Gasteiger partial charge in [0.25, 0.3) is 0 Å². The van der Waals surface area contributed by atoms with Crippen LogP contribution in [0.1, 0.15) is 30.9 Å². The van der Waals surface area contributed by atoms with E-state index in [2.05, 4.69) is 15.9 Å². The van der Waals surface area contributed by atoms with Gasteiger partial charge in [-0.05, 0) is 47.4 Å². The van der Waals surface area contributed by atoms with E-state index in [-0.39, 0.29) is 22.4 Å². The minimum atomic E-state index is -0.621. The van der Waals surface area contributed by atoms with Crippen LogP contribution in [0.3, 0.4) is 0 Å². The van der Waals surface area contributed by atoms with E-state index < -0.39 is 17.7 Å². The topological polar surface area (TPSA) is 52.0 Å². The second-order valence-corrected chi connectivity index (χ2v) is 4.50. The fraction of sp³-hybridized carbons (Fsp3) is 0.455. The zero-order valence-corrected chi connectivity index (χ0v) is 11.7. The molecule has 0 radical (unpaired) electrons. The molecule has 0 fully saturated rings. The van der Waals surface area contributed by atoms with Crippen molar-refractivity contribution >= 4 is 28.3 Å². The highest BCUT2D eigenvalue weighted by Gasteiger charge is 2.18. The minimum absolute atomic E-state index is 0. The fourth-order valence-corrected chi connectivity index (χ4v) is 1.88. The summed E-state index contributed by atoms with van der Waals surface area (Å²) in [6.45, 7) is 0.566. The van der Waals surface area contributed by atoms with Gasteiger partial charge in [0.15, 0.2) is 0 Å². The molecule has 17 heavy (non-hydrogen) atoms. The van der Waals surface area contributed by atoms with E-state index in [1.165, 1.54) is 12.1 Å². The van der Waals surface area contributed by atoms with E-state index in [0.29, 0.717) is 13.0 Å². The molecule has 4 N–H and O–H groups in total. The first kappa shape index (κ1) is 16.8. The SMILES string of the molecule is Cl.NCCCC[C@@H](N)c1c(F)ccc(Br)c1F. The summed E-state index contributed by atoms with van der Waals surface area (Å²) >= 11 is 3.01. The number of halogens is 4. The Labute approximate surface area is 114 Å². The van der Waals surface area contributed by atoms with Crippen LogP contribution in [-0.4, -0.2) is 6.54 Å². The quantitative estimate of drug-likeness (QED) is 0.643. The molecule has 98 valence electrons. The molecule has 2 nitrogen and oxygen atoms in total. The van der Waals surface area contributed by atoms with Gasteiger partial charge >= 0.3 is 0 Å². The van der Waals surface area contributed by atoms with Crippen molar-refractivity contribution in [1.82, 2.24) is 0 Å². The van der Waals surface area contributed by atoms with Crippen LogP contribution >= 0.6 is 28.3 Å². The van der Waals surface area contributed by atoms with Gasteiger partial charge in [-0.1, -0.05) is 6.42 Å². The average Bonchev–Trinajstić information content (AvgIpc) is 2.24. The first-order valence-electron chi connectivity index (χ1n) is 5.17. The summed E-state index contributed by atoms with van der Waals surface area (Å²) in [5.41, 5.74) is 11.1. The molecule has 1 aromatic carbocycles. The third kappa shape index (κ3) is 4.50. The molecule has 0 saturated carbocycles. The molecule has 0 amide bonds. The summed E-state index contributed by atoms with van der Waals surface area (Å²) in [7, 11) is 0. The molecule has 0 aliphatic rings. The number of nitrogens with two attached hydrogens (primary N) is 2. The highest BCUT2D eigenvalue weighted by molar-refractivity contribution is 9.10. The van der Waals surface area contributed by atoms with Gasteiger partial charge < -0.3 is 11.5 Å². The van der Waals surface area contributed by atoms with E-state index in [4.69, 9.17) is 11.5 Å². The van der Waals surface area contributed by atoms with Gasteiger partial charge in [0, 0.05) is 11.6 Å². The lowest BCUT2D eigenvalue weighted by atomic mass is 10.0.